The predicted molar refractivity (Wildman–Crippen MR) is 123 cm³/mol. The number of carbonyl (C=O) groups excluding carboxylic acids is 1. The SMILES string of the molecule is Cc1ccc(-c2nc(C)c(C(C)NC(=O)c3ccc(=O)n(-c4ccc(F)cc4)n3)s2)cc1. The number of nitrogens with zero attached hydrogens (tertiary/aromatic N) is 3. The molecule has 1 unspecified atom stereocenters. The van der Waals surface area contributed by atoms with Crippen LogP contribution in [0.25, 0.3) is 16.3 Å². The third kappa shape index (κ3) is 4.50. The van der Waals surface area contributed by atoms with Gasteiger partial charge in [-0.25, -0.2) is 9.37 Å². The molecule has 1 atom stereocenters. The molecule has 0 bridgehead atoms. The Hall–Kier alpha value is -3.65. The van der Waals surface area contributed by atoms with E-state index in [1.807, 2.05) is 45.0 Å². The van der Waals surface area contributed by atoms with Gasteiger partial charge in [-0.2, -0.15) is 9.78 Å². The van der Waals surface area contributed by atoms with E-state index in [0.717, 1.165) is 25.8 Å². The second-order valence-electron chi connectivity index (χ2n) is 7.47. The molecule has 6 nitrogen and oxygen atoms in total. The lowest BCUT2D eigenvalue weighted by atomic mass is 10.2. The van der Waals surface area contributed by atoms with Crippen LogP contribution in [-0.2, 0) is 0 Å². The molecule has 2 aromatic carbocycles. The highest BCUT2D eigenvalue weighted by Crippen LogP contribution is 2.32. The summed E-state index contributed by atoms with van der Waals surface area (Å²) < 4.78 is 14.3. The van der Waals surface area contributed by atoms with Gasteiger partial charge in [0, 0.05) is 11.6 Å². The van der Waals surface area contributed by atoms with Crippen LogP contribution in [0.3, 0.4) is 0 Å². The molecule has 0 spiro atoms. The zero-order valence-electron chi connectivity index (χ0n) is 17.8. The first kappa shape index (κ1) is 21.6. The molecule has 0 aliphatic carbocycles. The van der Waals surface area contributed by atoms with Crippen LogP contribution in [0.2, 0.25) is 0 Å². The molecule has 0 fully saturated rings. The van der Waals surface area contributed by atoms with Crippen LogP contribution in [0.4, 0.5) is 4.39 Å². The summed E-state index contributed by atoms with van der Waals surface area (Å²) in [6, 6.07) is 15.8. The van der Waals surface area contributed by atoms with Gasteiger partial charge in [-0.05, 0) is 51.1 Å². The van der Waals surface area contributed by atoms with Gasteiger partial charge in [-0.1, -0.05) is 29.8 Å². The van der Waals surface area contributed by atoms with Gasteiger partial charge in [-0.3, -0.25) is 9.59 Å². The number of hydrogen-bond acceptors (Lipinski definition) is 5. The van der Waals surface area contributed by atoms with Crippen molar-refractivity contribution in [3.8, 4) is 16.3 Å². The molecule has 2 aromatic heterocycles. The third-order valence-corrected chi connectivity index (χ3v) is 6.37. The monoisotopic (exact) mass is 448 g/mol. The Morgan fingerprint density at radius 1 is 1.03 bits per heavy atom. The Balaban J connectivity index is 1.55. The smallest absolute Gasteiger partial charge is 0.272 e. The quantitative estimate of drug-likeness (QED) is 0.484. The maximum Gasteiger partial charge on any atom is 0.272 e. The van der Waals surface area contributed by atoms with E-state index in [4.69, 9.17) is 0 Å². The molecule has 32 heavy (non-hydrogen) atoms. The Bertz CT molecular complexity index is 1330. The molecular weight excluding hydrogens is 427 g/mol. The van der Waals surface area contributed by atoms with E-state index in [2.05, 4.69) is 15.4 Å². The van der Waals surface area contributed by atoms with Gasteiger partial charge in [0.25, 0.3) is 11.5 Å². The number of hydrogen-bond donors (Lipinski definition) is 1. The summed E-state index contributed by atoms with van der Waals surface area (Å²) in [5, 5.41) is 7.98. The van der Waals surface area contributed by atoms with Crippen molar-refractivity contribution in [2.24, 2.45) is 0 Å². The van der Waals surface area contributed by atoms with Crippen molar-refractivity contribution in [1.82, 2.24) is 20.1 Å². The first-order chi connectivity index (χ1) is 15.3. The molecule has 0 saturated carbocycles. The Morgan fingerprint density at radius 2 is 1.72 bits per heavy atom. The second kappa shape index (κ2) is 8.84. The maximum absolute atomic E-state index is 13.2. The van der Waals surface area contributed by atoms with Gasteiger partial charge in [-0.15, -0.1) is 11.3 Å². The minimum absolute atomic E-state index is 0.0849. The molecule has 8 heteroatoms. The number of benzene rings is 2. The third-order valence-electron chi connectivity index (χ3n) is 4.98. The first-order valence-corrected chi connectivity index (χ1v) is 10.8. The van der Waals surface area contributed by atoms with Crippen LogP contribution in [0.1, 0.15) is 39.6 Å². The molecular formula is C24H21FN4O2S. The van der Waals surface area contributed by atoms with E-state index in [-0.39, 0.29) is 11.7 Å². The lowest BCUT2D eigenvalue weighted by molar-refractivity contribution is 0.0933. The standard InChI is InChI=1S/C24H21FN4O2S/c1-14-4-6-17(7-5-14)24-27-16(3)22(32-24)15(2)26-23(31)20-12-13-21(30)29(28-20)19-10-8-18(25)9-11-19/h4-13,15H,1-3H3,(H,26,31). The van der Waals surface area contributed by atoms with Crippen LogP contribution in [0.5, 0.6) is 0 Å². The summed E-state index contributed by atoms with van der Waals surface area (Å²) >= 11 is 1.53. The van der Waals surface area contributed by atoms with Gasteiger partial charge in [0.15, 0.2) is 0 Å². The number of thiazole rings is 1. The predicted octanol–water partition coefficient (Wildman–Crippen LogP) is 4.60. The number of carbonyl (C=O) groups is 1. The normalized spacial score (nSPS) is 11.9. The molecule has 1 amide bonds. The fraction of sp³-hybridized carbons (Fsp3) is 0.167. The minimum atomic E-state index is -0.422. The van der Waals surface area contributed by atoms with Gasteiger partial charge in [0.1, 0.15) is 16.5 Å². The molecule has 1 N–H and O–H groups in total. The van der Waals surface area contributed by atoms with Gasteiger partial charge in [0.05, 0.1) is 22.3 Å². The van der Waals surface area contributed by atoms with Crippen molar-refractivity contribution in [3.05, 3.63) is 98.7 Å². The minimum Gasteiger partial charge on any atom is -0.343 e. The number of aryl methyl sites for hydroxylation is 2. The number of aromatic nitrogens is 3. The molecule has 2 heterocycles. The van der Waals surface area contributed by atoms with Gasteiger partial charge < -0.3 is 5.32 Å². The van der Waals surface area contributed by atoms with Crippen molar-refractivity contribution in [2.75, 3.05) is 0 Å². The lowest BCUT2D eigenvalue weighted by Gasteiger charge is -2.13. The van der Waals surface area contributed by atoms with Gasteiger partial charge >= 0.3 is 0 Å². The van der Waals surface area contributed by atoms with E-state index in [0.29, 0.717) is 5.69 Å². The lowest BCUT2D eigenvalue weighted by Crippen LogP contribution is -2.30. The van der Waals surface area contributed by atoms with Crippen molar-refractivity contribution in [1.29, 1.82) is 0 Å². The summed E-state index contributed by atoms with van der Waals surface area (Å²) in [6.07, 6.45) is 0. The van der Waals surface area contributed by atoms with Crippen LogP contribution in [0.15, 0.2) is 65.5 Å². The number of halogens is 1. The molecule has 0 radical (unpaired) electrons. The van der Waals surface area contributed by atoms with Crippen LogP contribution in [-0.4, -0.2) is 20.7 Å². The zero-order chi connectivity index (χ0) is 22.8. The molecule has 0 aliphatic heterocycles. The van der Waals surface area contributed by atoms with Crippen molar-refractivity contribution < 1.29 is 9.18 Å². The molecule has 4 rings (SSSR count). The maximum atomic E-state index is 13.2. The van der Waals surface area contributed by atoms with E-state index >= 15 is 0 Å². The summed E-state index contributed by atoms with van der Waals surface area (Å²) in [4.78, 5) is 30.6. The highest BCUT2D eigenvalue weighted by atomic mass is 32.1. The van der Waals surface area contributed by atoms with E-state index in [1.54, 1.807) is 0 Å². The summed E-state index contributed by atoms with van der Waals surface area (Å²) in [6.45, 7) is 5.83. The highest BCUT2D eigenvalue weighted by molar-refractivity contribution is 7.15. The topological polar surface area (TPSA) is 76.9 Å². The van der Waals surface area contributed by atoms with E-state index in [1.165, 1.54) is 53.3 Å². The number of amides is 1. The zero-order valence-corrected chi connectivity index (χ0v) is 18.6. The Morgan fingerprint density at radius 3 is 2.41 bits per heavy atom. The fourth-order valence-corrected chi connectivity index (χ4v) is 4.34. The molecule has 4 aromatic rings. The summed E-state index contributed by atoms with van der Waals surface area (Å²) in [5.41, 5.74) is 3.10. The highest BCUT2D eigenvalue weighted by Gasteiger charge is 2.19. The Labute approximate surface area is 188 Å². The van der Waals surface area contributed by atoms with E-state index < -0.39 is 17.3 Å². The van der Waals surface area contributed by atoms with Gasteiger partial charge in [0.2, 0.25) is 0 Å². The fourth-order valence-electron chi connectivity index (χ4n) is 3.27. The average molecular weight is 449 g/mol. The van der Waals surface area contributed by atoms with Crippen LogP contribution >= 0.6 is 11.3 Å². The number of nitrogens with one attached hydrogen (secondary N) is 1. The second-order valence-corrected chi connectivity index (χ2v) is 8.51. The molecule has 162 valence electrons. The Kier molecular flexibility index (Phi) is 5.96. The molecule has 0 aliphatic rings. The van der Waals surface area contributed by atoms with Crippen molar-refractivity contribution in [2.45, 2.75) is 26.8 Å². The average Bonchev–Trinajstić information content (AvgIpc) is 3.17. The van der Waals surface area contributed by atoms with Crippen molar-refractivity contribution in [3.63, 3.8) is 0 Å². The van der Waals surface area contributed by atoms with Crippen LogP contribution in [0, 0.1) is 19.7 Å². The summed E-state index contributed by atoms with van der Waals surface area (Å²) in [5.74, 6) is -0.840. The largest absolute Gasteiger partial charge is 0.343 e. The number of rotatable bonds is 5. The van der Waals surface area contributed by atoms with Crippen LogP contribution < -0.4 is 10.9 Å². The van der Waals surface area contributed by atoms with Crippen molar-refractivity contribution >= 4 is 17.2 Å². The summed E-state index contributed by atoms with van der Waals surface area (Å²) in [7, 11) is 0. The first-order valence-electron chi connectivity index (χ1n) is 10.0. The van der Waals surface area contributed by atoms with E-state index in [9.17, 15) is 14.0 Å². The molecule has 0 saturated heterocycles.